The van der Waals surface area contributed by atoms with Gasteiger partial charge in [0.15, 0.2) is 0 Å². The average Bonchev–Trinajstić information content (AvgIpc) is 2.68. The van der Waals surface area contributed by atoms with Gasteiger partial charge in [-0.3, -0.25) is 4.79 Å². The van der Waals surface area contributed by atoms with Gasteiger partial charge in [0, 0.05) is 17.8 Å². The first kappa shape index (κ1) is 18.4. The lowest BCUT2D eigenvalue weighted by molar-refractivity contribution is -0.115. The Labute approximate surface area is 156 Å². The molecule has 3 aromatic rings. The molecule has 27 heavy (non-hydrogen) atoms. The van der Waals surface area contributed by atoms with Crippen LogP contribution in [0.3, 0.4) is 0 Å². The van der Waals surface area contributed by atoms with Crippen LogP contribution in [0.4, 0.5) is 10.2 Å². The summed E-state index contributed by atoms with van der Waals surface area (Å²) in [7, 11) is 3.08. The molecule has 138 valence electrons. The third-order valence-corrected chi connectivity index (χ3v) is 4.03. The highest BCUT2D eigenvalue weighted by Gasteiger charge is 2.10. The van der Waals surface area contributed by atoms with E-state index in [-0.39, 0.29) is 18.1 Å². The molecule has 0 fully saturated rings. The summed E-state index contributed by atoms with van der Waals surface area (Å²) in [6.07, 6.45) is 1.80. The molecule has 1 N–H and O–H groups in total. The van der Waals surface area contributed by atoms with Crippen molar-refractivity contribution < 1.29 is 18.7 Å². The number of nitrogens with zero attached hydrogens (tertiary/aromatic N) is 1. The van der Waals surface area contributed by atoms with E-state index in [0.717, 1.165) is 16.9 Å². The first-order valence-corrected chi connectivity index (χ1v) is 8.32. The zero-order chi connectivity index (χ0) is 19.2. The molecule has 0 aliphatic carbocycles. The van der Waals surface area contributed by atoms with Crippen molar-refractivity contribution in [2.24, 2.45) is 0 Å². The molecule has 0 bridgehead atoms. The lowest BCUT2D eigenvalue weighted by Crippen LogP contribution is -2.15. The standard InChI is InChI=1S/C21H19FN2O3/c1-26-17-6-3-14(4-7-17)11-21(25)24-20-12-15(9-10-23-20)18-8-5-16(22)13-19(18)27-2/h3-10,12-13H,11H2,1-2H3,(H,23,24,25). The Kier molecular flexibility index (Phi) is 5.66. The average molecular weight is 366 g/mol. The van der Waals surface area contributed by atoms with Crippen LogP contribution in [0, 0.1) is 5.82 Å². The smallest absolute Gasteiger partial charge is 0.229 e. The fourth-order valence-corrected chi connectivity index (χ4v) is 2.69. The number of nitrogens with one attached hydrogen (secondary N) is 1. The third-order valence-electron chi connectivity index (χ3n) is 4.03. The summed E-state index contributed by atoms with van der Waals surface area (Å²) in [5, 5.41) is 2.78. The van der Waals surface area contributed by atoms with Gasteiger partial charge in [0.05, 0.1) is 20.6 Å². The minimum Gasteiger partial charge on any atom is -0.497 e. The van der Waals surface area contributed by atoms with Crippen LogP contribution in [-0.4, -0.2) is 25.1 Å². The van der Waals surface area contributed by atoms with E-state index in [0.29, 0.717) is 17.1 Å². The monoisotopic (exact) mass is 366 g/mol. The molecule has 6 heteroatoms. The summed E-state index contributed by atoms with van der Waals surface area (Å²) in [4.78, 5) is 16.5. The summed E-state index contributed by atoms with van der Waals surface area (Å²) < 4.78 is 23.7. The number of hydrogen-bond acceptors (Lipinski definition) is 4. The van der Waals surface area contributed by atoms with Crippen LogP contribution in [0.25, 0.3) is 11.1 Å². The molecule has 1 heterocycles. The van der Waals surface area contributed by atoms with Crippen LogP contribution >= 0.6 is 0 Å². The van der Waals surface area contributed by atoms with E-state index in [9.17, 15) is 9.18 Å². The predicted molar refractivity (Wildman–Crippen MR) is 102 cm³/mol. The molecule has 0 unspecified atom stereocenters. The van der Waals surface area contributed by atoms with Crippen LogP contribution in [-0.2, 0) is 11.2 Å². The quantitative estimate of drug-likeness (QED) is 0.714. The second-order valence-corrected chi connectivity index (χ2v) is 5.85. The summed E-state index contributed by atoms with van der Waals surface area (Å²) in [6.45, 7) is 0. The Morgan fingerprint density at radius 1 is 1.04 bits per heavy atom. The van der Waals surface area contributed by atoms with Crippen molar-refractivity contribution >= 4 is 11.7 Å². The van der Waals surface area contributed by atoms with Gasteiger partial charge in [-0.2, -0.15) is 0 Å². The van der Waals surface area contributed by atoms with E-state index in [1.54, 1.807) is 31.5 Å². The molecular formula is C21H19FN2O3. The zero-order valence-corrected chi connectivity index (χ0v) is 15.0. The third kappa shape index (κ3) is 4.61. The van der Waals surface area contributed by atoms with E-state index in [4.69, 9.17) is 9.47 Å². The van der Waals surface area contributed by atoms with Crippen molar-refractivity contribution in [3.63, 3.8) is 0 Å². The Morgan fingerprint density at radius 2 is 1.81 bits per heavy atom. The first-order chi connectivity index (χ1) is 13.1. The van der Waals surface area contributed by atoms with Crippen molar-refractivity contribution in [1.82, 2.24) is 4.98 Å². The van der Waals surface area contributed by atoms with Crippen molar-refractivity contribution in [3.05, 3.63) is 72.2 Å². The van der Waals surface area contributed by atoms with Crippen molar-refractivity contribution in [1.29, 1.82) is 0 Å². The van der Waals surface area contributed by atoms with Gasteiger partial charge in [-0.1, -0.05) is 12.1 Å². The zero-order valence-electron chi connectivity index (χ0n) is 15.0. The number of halogens is 1. The number of benzene rings is 2. The number of carbonyl (C=O) groups excluding carboxylic acids is 1. The van der Waals surface area contributed by atoms with Gasteiger partial charge in [-0.25, -0.2) is 9.37 Å². The predicted octanol–water partition coefficient (Wildman–Crippen LogP) is 4.09. The highest BCUT2D eigenvalue weighted by molar-refractivity contribution is 5.92. The van der Waals surface area contributed by atoms with Gasteiger partial charge in [0.25, 0.3) is 0 Å². The molecular weight excluding hydrogens is 347 g/mol. The lowest BCUT2D eigenvalue weighted by Gasteiger charge is -2.10. The van der Waals surface area contributed by atoms with Crippen molar-refractivity contribution in [2.75, 3.05) is 19.5 Å². The molecule has 0 radical (unpaired) electrons. The molecule has 0 saturated carbocycles. The van der Waals surface area contributed by atoms with Gasteiger partial charge in [0.1, 0.15) is 23.1 Å². The van der Waals surface area contributed by atoms with Crippen LogP contribution in [0.15, 0.2) is 60.8 Å². The number of anilines is 1. The number of methoxy groups -OCH3 is 2. The van der Waals surface area contributed by atoms with Crippen LogP contribution in [0.2, 0.25) is 0 Å². The number of amides is 1. The van der Waals surface area contributed by atoms with Gasteiger partial charge in [-0.15, -0.1) is 0 Å². The van der Waals surface area contributed by atoms with E-state index < -0.39 is 0 Å². The van der Waals surface area contributed by atoms with E-state index >= 15 is 0 Å². The second kappa shape index (κ2) is 8.31. The summed E-state index contributed by atoms with van der Waals surface area (Å²) in [6, 6.07) is 15.1. The molecule has 5 nitrogen and oxygen atoms in total. The molecule has 0 aliphatic rings. The molecule has 1 amide bonds. The van der Waals surface area contributed by atoms with Crippen LogP contribution < -0.4 is 14.8 Å². The Bertz CT molecular complexity index is 942. The molecule has 0 saturated heterocycles. The molecule has 3 rings (SSSR count). The summed E-state index contributed by atoms with van der Waals surface area (Å²) in [5.74, 6) is 1.00. The molecule has 1 aromatic heterocycles. The minimum absolute atomic E-state index is 0.184. The van der Waals surface area contributed by atoms with Crippen LogP contribution in [0.5, 0.6) is 11.5 Å². The number of pyridine rings is 1. The second-order valence-electron chi connectivity index (χ2n) is 5.85. The maximum atomic E-state index is 13.4. The summed E-state index contributed by atoms with van der Waals surface area (Å²) >= 11 is 0. The largest absolute Gasteiger partial charge is 0.497 e. The van der Waals surface area contributed by atoms with Crippen LogP contribution in [0.1, 0.15) is 5.56 Å². The Morgan fingerprint density at radius 3 is 2.52 bits per heavy atom. The summed E-state index contributed by atoms with van der Waals surface area (Å²) in [5.41, 5.74) is 2.35. The van der Waals surface area contributed by atoms with Gasteiger partial charge < -0.3 is 14.8 Å². The van der Waals surface area contributed by atoms with Crippen molar-refractivity contribution in [3.8, 4) is 22.6 Å². The minimum atomic E-state index is -0.377. The number of rotatable bonds is 6. The first-order valence-electron chi connectivity index (χ1n) is 8.32. The maximum absolute atomic E-state index is 13.4. The maximum Gasteiger partial charge on any atom is 0.229 e. The normalized spacial score (nSPS) is 10.3. The van der Waals surface area contributed by atoms with E-state index in [1.807, 2.05) is 24.3 Å². The van der Waals surface area contributed by atoms with Gasteiger partial charge >= 0.3 is 0 Å². The number of carbonyl (C=O) groups is 1. The van der Waals surface area contributed by atoms with Gasteiger partial charge in [-0.05, 0) is 47.5 Å². The van der Waals surface area contributed by atoms with E-state index in [1.165, 1.54) is 19.2 Å². The number of hydrogen-bond donors (Lipinski definition) is 1. The molecule has 0 aliphatic heterocycles. The highest BCUT2D eigenvalue weighted by Crippen LogP contribution is 2.31. The van der Waals surface area contributed by atoms with Crippen molar-refractivity contribution in [2.45, 2.75) is 6.42 Å². The fourth-order valence-electron chi connectivity index (χ4n) is 2.69. The van der Waals surface area contributed by atoms with Gasteiger partial charge in [0.2, 0.25) is 5.91 Å². The molecule has 0 spiro atoms. The molecule has 0 atom stereocenters. The lowest BCUT2D eigenvalue weighted by atomic mass is 10.1. The highest BCUT2D eigenvalue weighted by atomic mass is 19.1. The number of ether oxygens (including phenoxy) is 2. The Balaban J connectivity index is 1.74. The van der Waals surface area contributed by atoms with E-state index in [2.05, 4.69) is 10.3 Å². The topological polar surface area (TPSA) is 60.5 Å². The number of aromatic nitrogens is 1. The SMILES string of the molecule is COc1ccc(CC(=O)Nc2cc(-c3ccc(F)cc3OC)ccn2)cc1. The molecule has 2 aromatic carbocycles. The Hall–Kier alpha value is -3.41. The fraction of sp³-hybridized carbons (Fsp3) is 0.143.